The molecule has 0 saturated carbocycles. The minimum atomic E-state index is 0.824. The quantitative estimate of drug-likeness (QED) is 0.694. The van der Waals surface area contributed by atoms with Gasteiger partial charge in [-0.3, -0.25) is 14.7 Å². The van der Waals surface area contributed by atoms with Crippen LogP contribution in [0.3, 0.4) is 0 Å². The molecule has 0 unspecified atom stereocenters. The molecule has 0 aliphatic carbocycles. The van der Waals surface area contributed by atoms with Gasteiger partial charge in [0.1, 0.15) is 0 Å². The van der Waals surface area contributed by atoms with Gasteiger partial charge in [0.15, 0.2) is 0 Å². The van der Waals surface area contributed by atoms with E-state index in [-0.39, 0.29) is 0 Å². The maximum atomic E-state index is 4.34. The van der Waals surface area contributed by atoms with Gasteiger partial charge in [0.2, 0.25) is 0 Å². The normalized spacial score (nSPS) is 13.9. The Morgan fingerprint density at radius 1 is 1.20 bits per heavy atom. The lowest BCUT2D eigenvalue weighted by Gasteiger charge is -2.08. The molecule has 0 amide bonds. The predicted molar refractivity (Wildman–Crippen MR) is 57.9 cm³/mol. The number of nitrogens with zero attached hydrogens (tertiary/aromatic N) is 4. The summed E-state index contributed by atoms with van der Waals surface area (Å²) in [5.74, 6) is 0. The number of aromatic nitrogens is 3. The SMILES string of the molecule is C1=NCCn2ncc(-c3ccncc3)c21. The summed E-state index contributed by atoms with van der Waals surface area (Å²) in [5.41, 5.74) is 3.35. The van der Waals surface area contributed by atoms with Gasteiger partial charge < -0.3 is 0 Å². The standard InChI is InChI=1S/C11H10N4/c1-3-12-4-2-9(1)10-7-14-15-6-5-13-8-11(10)15/h1-4,7-8H,5-6H2. The lowest BCUT2D eigenvalue weighted by molar-refractivity contribution is 0.611. The van der Waals surface area contributed by atoms with E-state index >= 15 is 0 Å². The zero-order valence-corrected chi connectivity index (χ0v) is 8.17. The van der Waals surface area contributed by atoms with E-state index < -0.39 is 0 Å². The van der Waals surface area contributed by atoms with E-state index in [9.17, 15) is 0 Å². The zero-order valence-electron chi connectivity index (χ0n) is 8.17. The Morgan fingerprint density at radius 3 is 2.93 bits per heavy atom. The van der Waals surface area contributed by atoms with Crippen molar-refractivity contribution in [3.8, 4) is 11.1 Å². The van der Waals surface area contributed by atoms with E-state index in [4.69, 9.17) is 0 Å². The summed E-state index contributed by atoms with van der Waals surface area (Å²) >= 11 is 0. The number of hydrogen-bond acceptors (Lipinski definition) is 3. The highest BCUT2D eigenvalue weighted by molar-refractivity contribution is 5.88. The van der Waals surface area contributed by atoms with Crippen LogP contribution in [0, 0.1) is 0 Å². The molecule has 3 heterocycles. The van der Waals surface area contributed by atoms with Crippen molar-refractivity contribution >= 4 is 6.21 Å². The van der Waals surface area contributed by atoms with Crippen molar-refractivity contribution in [1.82, 2.24) is 14.8 Å². The number of fused-ring (bicyclic) bond motifs is 1. The first-order chi connectivity index (χ1) is 7.45. The summed E-state index contributed by atoms with van der Waals surface area (Å²) in [5, 5.41) is 4.34. The minimum Gasteiger partial charge on any atom is -0.289 e. The average molecular weight is 198 g/mol. The van der Waals surface area contributed by atoms with Crippen molar-refractivity contribution in [2.24, 2.45) is 4.99 Å². The molecule has 0 bridgehead atoms. The molecule has 15 heavy (non-hydrogen) atoms. The molecular weight excluding hydrogens is 188 g/mol. The molecule has 4 heteroatoms. The molecule has 2 aromatic heterocycles. The van der Waals surface area contributed by atoms with Crippen LogP contribution in [0.1, 0.15) is 5.69 Å². The van der Waals surface area contributed by atoms with Gasteiger partial charge in [-0.15, -0.1) is 0 Å². The monoisotopic (exact) mass is 198 g/mol. The van der Waals surface area contributed by atoms with Crippen molar-refractivity contribution in [3.05, 3.63) is 36.4 Å². The van der Waals surface area contributed by atoms with Gasteiger partial charge in [0.05, 0.1) is 25.0 Å². The van der Waals surface area contributed by atoms with Gasteiger partial charge in [0, 0.05) is 24.2 Å². The maximum absolute atomic E-state index is 4.34. The summed E-state index contributed by atoms with van der Waals surface area (Å²) in [7, 11) is 0. The smallest absolute Gasteiger partial charge is 0.0867 e. The van der Waals surface area contributed by atoms with Gasteiger partial charge in [-0.25, -0.2) is 0 Å². The van der Waals surface area contributed by atoms with Crippen LogP contribution >= 0.6 is 0 Å². The molecule has 0 radical (unpaired) electrons. The number of rotatable bonds is 1. The van der Waals surface area contributed by atoms with Crippen LogP contribution in [0.5, 0.6) is 0 Å². The highest BCUT2D eigenvalue weighted by Gasteiger charge is 2.12. The van der Waals surface area contributed by atoms with E-state index in [0.29, 0.717) is 0 Å². The van der Waals surface area contributed by atoms with Crippen molar-refractivity contribution in [2.75, 3.05) is 6.54 Å². The fourth-order valence-corrected chi connectivity index (χ4v) is 1.77. The molecule has 0 aromatic carbocycles. The second kappa shape index (κ2) is 3.31. The summed E-state index contributed by atoms with van der Waals surface area (Å²) in [6.07, 6.45) is 7.37. The third kappa shape index (κ3) is 1.34. The highest BCUT2D eigenvalue weighted by Crippen LogP contribution is 2.22. The Balaban J connectivity index is 2.15. The molecule has 1 aliphatic heterocycles. The van der Waals surface area contributed by atoms with E-state index in [1.165, 1.54) is 0 Å². The molecule has 1 aliphatic rings. The van der Waals surface area contributed by atoms with Gasteiger partial charge in [-0.2, -0.15) is 5.10 Å². The molecular formula is C11H10N4. The second-order valence-corrected chi connectivity index (χ2v) is 3.44. The van der Waals surface area contributed by atoms with Gasteiger partial charge >= 0.3 is 0 Å². The lowest BCUT2D eigenvalue weighted by Crippen LogP contribution is -2.12. The molecule has 2 aromatic rings. The molecule has 0 atom stereocenters. The van der Waals surface area contributed by atoms with Crippen LogP contribution in [0.2, 0.25) is 0 Å². The van der Waals surface area contributed by atoms with Crippen LogP contribution < -0.4 is 0 Å². The largest absolute Gasteiger partial charge is 0.289 e. The van der Waals surface area contributed by atoms with Crippen molar-refractivity contribution in [1.29, 1.82) is 0 Å². The molecule has 4 nitrogen and oxygen atoms in total. The fourth-order valence-electron chi connectivity index (χ4n) is 1.77. The van der Waals surface area contributed by atoms with Crippen molar-refractivity contribution in [3.63, 3.8) is 0 Å². The minimum absolute atomic E-state index is 0.824. The third-order valence-corrected chi connectivity index (χ3v) is 2.53. The predicted octanol–water partition coefficient (Wildman–Crippen LogP) is 1.38. The van der Waals surface area contributed by atoms with E-state index in [1.54, 1.807) is 12.4 Å². The Bertz CT molecular complexity index is 499. The molecule has 74 valence electrons. The number of aliphatic imine (C=N–C) groups is 1. The Morgan fingerprint density at radius 2 is 2.07 bits per heavy atom. The van der Waals surface area contributed by atoms with Crippen LogP contribution in [0.25, 0.3) is 11.1 Å². The third-order valence-electron chi connectivity index (χ3n) is 2.53. The van der Waals surface area contributed by atoms with Crippen LogP contribution in [0.15, 0.2) is 35.7 Å². The molecule has 0 spiro atoms. The lowest BCUT2D eigenvalue weighted by atomic mass is 10.1. The van der Waals surface area contributed by atoms with Gasteiger partial charge in [0.25, 0.3) is 0 Å². The second-order valence-electron chi connectivity index (χ2n) is 3.44. The van der Waals surface area contributed by atoms with Crippen molar-refractivity contribution < 1.29 is 0 Å². The first-order valence-corrected chi connectivity index (χ1v) is 4.91. The first-order valence-electron chi connectivity index (χ1n) is 4.91. The first kappa shape index (κ1) is 8.35. The Labute approximate surface area is 87.3 Å². The van der Waals surface area contributed by atoms with E-state index in [1.807, 2.05) is 29.2 Å². The topological polar surface area (TPSA) is 43.1 Å². The molecule has 0 N–H and O–H groups in total. The highest BCUT2D eigenvalue weighted by atomic mass is 15.3. The van der Waals surface area contributed by atoms with Crippen LogP contribution in [0.4, 0.5) is 0 Å². The number of pyridine rings is 1. The summed E-state index contributed by atoms with van der Waals surface area (Å²) in [6, 6.07) is 3.97. The zero-order chi connectivity index (χ0) is 10.1. The van der Waals surface area contributed by atoms with Crippen molar-refractivity contribution in [2.45, 2.75) is 6.54 Å². The van der Waals surface area contributed by atoms with E-state index in [0.717, 1.165) is 29.9 Å². The van der Waals surface area contributed by atoms with E-state index in [2.05, 4.69) is 15.1 Å². The van der Waals surface area contributed by atoms with Gasteiger partial charge in [-0.05, 0) is 17.7 Å². The molecule has 0 fully saturated rings. The molecule has 3 rings (SSSR count). The Hall–Kier alpha value is -1.97. The van der Waals surface area contributed by atoms with Crippen LogP contribution in [-0.2, 0) is 6.54 Å². The maximum Gasteiger partial charge on any atom is 0.0867 e. The summed E-state index contributed by atoms with van der Waals surface area (Å²) in [4.78, 5) is 8.28. The summed E-state index contributed by atoms with van der Waals surface area (Å²) < 4.78 is 1.99. The molecule has 0 saturated heterocycles. The fraction of sp³-hybridized carbons (Fsp3) is 0.182. The Kier molecular flexibility index (Phi) is 1.84. The average Bonchev–Trinajstić information content (AvgIpc) is 2.74. The van der Waals surface area contributed by atoms with Gasteiger partial charge in [-0.1, -0.05) is 0 Å². The number of hydrogen-bond donors (Lipinski definition) is 0. The van der Waals surface area contributed by atoms with Crippen LogP contribution in [-0.4, -0.2) is 27.5 Å². The summed E-state index contributed by atoms with van der Waals surface area (Å²) in [6.45, 7) is 1.70.